The van der Waals surface area contributed by atoms with Gasteiger partial charge in [-0.25, -0.2) is 0 Å². The molecule has 0 amide bonds. The fourth-order valence-corrected chi connectivity index (χ4v) is 1.79. The molecule has 8 heteroatoms. The predicted octanol–water partition coefficient (Wildman–Crippen LogP) is 1.56. The van der Waals surface area contributed by atoms with E-state index in [4.69, 9.17) is 0 Å². The maximum Gasteiger partial charge on any atom is 0.490 e. The number of nitrogens with zero attached hydrogens (tertiary/aromatic N) is 6. The highest BCUT2D eigenvalue weighted by Crippen LogP contribution is 2.04. The fourth-order valence-electron chi connectivity index (χ4n) is 1.79. The van der Waals surface area contributed by atoms with Crippen LogP contribution in [0.25, 0.3) is 0 Å². The molecule has 0 bridgehead atoms. The Morgan fingerprint density at radius 2 is 2.00 bits per heavy atom. The lowest BCUT2D eigenvalue weighted by atomic mass is 10.2. The summed E-state index contributed by atoms with van der Waals surface area (Å²) in [6.07, 6.45) is 8.22. The Balaban J connectivity index is 1.65. The molecule has 102 valence electrons. The molecule has 8 nitrogen and oxygen atoms in total. The zero-order valence-electron chi connectivity index (χ0n) is 10.8. The first-order valence-electron chi connectivity index (χ1n) is 6.18. The number of unbranched alkanes of at least 4 members (excludes halogenated alkanes) is 2. The molecule has 0 N–H and O–H groups in total. The maximum atomic E-state index is 10.4. The molecule has 19 heavy (non-hydrogen) atoms. The summed E-state index contributed by atoms with van der Waals surface area (Å²) in [5, 5.41) is 18.4. The summed E-state index contributed by atoms with van der Waals surface area (Å²) in [6.45, 7) is 3.56. The van der Waals surface area contributed by atoms with Gasteiger partial charge in [0.1, 0.15) is 0 Å². The second-order valence-corrected chi connectivity index (χ2v) is 4.41. The highest BCUT2D eigenvalue weighted by molar-refractivity contribution is 4.99. The molecule has 2 aromatic heterocycles. The number of aryl methyl sites for hydroxylation is 3. The Morgan fingerprint density at radius 3 is 2.58 bits per heavy atom. The average Bonchev–Trinajstić information content (AvgIpc) is 2.98. The summed E-state index contributed by atoms with van der Waals surface area (Å²) >= 11 is 0. The lowest BCUT2D eigenvalue weighted by molar-refractivity contribution is -0.394. The Bertz CT molecular complexity index is 547. The molecular weight excluding hydrogens is 248 g/mol. The maximum absolute atomic E-state index is 10.4. The Kier molecular flexibility index (Phi) is 4.22. The van der Waals surface area contributed by atoms with Crippen LogP contribution in [-0.4, -0.2) is 29.5 Å². The van der Waals surface area contributed by atoms with Crippen LogP contribution >= 0.6 is 0 Å². The van der Waals surface area contributed by atoms with Crippen LogP contribution in [0.15, 0.2) is 18.7 Å². The van der Waals surface area contributed by atoms with Crippen molar-refractivity contribution in [3.05, 3.63) is 34.4 Å². The van der Waals surface area contributed by atoms with Gasteiger partial charge in [0, 0.05) is 17.8 Å². The van der Waals surface area contributed by atoms with Gasteiger partial charge in [-0.1, -0.05) is 4.98 Å². The lowest BCUT2D eigenvalue weighted by Gasteiger charge is -2.00. The molecule has 0 aliphatic rings. The zero-order valence-corrected chi connectivity index (χ0v) is 10.8. The summed E-state index contributed by atoms with van der Waals surface area (Å²) in [5.41, 5.74) is 1.16. The summed E-state index contributed by atoms with van der Waals surface area (Å²) in [4.78, 5) is 13.4. The van der Waals surface area contributed by atoms with Crippen LogP contribution in [0.2, 0.25) is 0 Å². The Hall–Kier alpha value is -2.25. The fraction of sp³-hybridized carbons (Fsp3) is 0.545. The standard InChI is InChI=1S/C11H16N6O2/c1-10-7-13-15(8-10)5-3-2-4-6-16-9-12-11(14-16)17(18)19/h7-9H,2-6H2,1H3. The van der Waals surface area contributed by atoms with Crippen molar-refractivity contribution in [2.45, 2.75) is 39.3 Å². The quantitative estimate of drug-likeness (QED) is 0.430. The smallest absolute Gasteiger partial charge is 0.390 e. The third-order valence-electron chi connectivity index (χ3n) is 2.72. The van der Waals surface area contributed by atoms with Crippen molar-refractivity contribution in [3.63, 3.8) is 0 Å². The summed E-state index contributed by atoms with van der Waals surface area (Å²) in [5.74, 6) is -0.341. The third-order valence-corrected chi connectivity index (χ3v) is 2.72. The van der Waals surface area contributed by atoms with Gasteiger partial charge in [-0.3, -0.25) is 4.68 Å². The first kappa shape index (κ1) is 13.2. The number of rotatable bonds is 7. The van der Waals surface area contributed by atoms with E-state index in [0.29, 0.717) is 6.54 Å². The van der Waals surface area contributed by atoms with E-state index in [2.05, 4.69) is 15.2 Å². The molecule has 0 atom stereocenters. The van der Waals surface area contributed by atoms with E-state index < -0.39 is 4.92 Å². The Morgan fingerprint density at radius 1 is 1.26 bits per heavy atom. The minimum atomic E-state index is -0.587. The molecule has 2 rings (SSSR count). The number of nitro groups is 1. The monoisotopic (exact) mass is 264 g/mol. The van der Waals surface area contributed by atoms with E-state index in [-0.39, 0.29) is 5.95 Å². The number of hydrogen-bond donors (Lipinski definition) is 0. The molecule has 0 unspecified atom stereocenters. The van der Waals surface area contributed by atoms with Crippen molar-refractivity contribution in [2.75, 3.05) is 0 Å². The molecule has 0 aliphatic carbocycles. The van der Waals surface area contributed by atoms with E-state index >= 15 is 0 Å². The lowest BCUT2D eigenvalue weighted by Crippen LogP contribution is -2.02. The van der Waals surface area contributed by atoms with Crippen LogP contribution < -0.4 is 0 Å². The van der Waals surface area contributed by atoms with Crippen molar-refractivity contribution >= 4 is 5.95 Å². The highest BCUT2D eigenvalue weighted by atomic mass is 16.6. The van der Waals surface area contributed by atoms with Gasteiger partial charge in [-0.15, -0.1) is 0 Å². The predicted molar refractivity (Wildman–Crippen MR) is 67.5 cm³/mol. The average molecular weight is 264 g/mol. The topological polar surface area (TPSA) is 91.7 Å². The number of hydrogen-bond acceptors (Lipinski definition) is 5. The molecule has 2 heterocycles. The van der Waals surface area contributed by atoms with Gasteiger partial charge in [0.05, 0.1) is 12.7 Å². The van der Waals surface area contributed by atoms with Crippen LogP contribution in [0.3, 0.4) is 0 Å². The first-order chi connectivity index (χ1) is 9.15. The number of aromatic nitrogens is 5. The SMILES string of the molecule is Cc1cnn(CCCCCn2cnc([N+](=O)[O-])n2)c1. The second-order valence-electron chi connectivity index (χ2n) is 4.41. The summed E-state index contributed by atoms with van der Waals surface area (Å²) < 4.78 is 3.44. The van der Waals surface area contributed by atoms with Crippen LogP contribution in [0, 0.1) is 17.0 Å². The van der Waals surface area contributed by atoms with E-state index in [9.17, 15) is 10.1 Å². The molecule has 0 spiro atoms. The second kappa shape index (κ2) is 6.07. The van der Waals surface area contributed by atoms with E-state index in [1.165, 1.54) is 11.0 Å². The summed E-state index contributed by atoms with van der Waals surface area (Å²) in [6, 6.07) is 0. The van der Waals surface area contributed by atoms with E-state index in [1.807, 2.05) is 24.0 Å². The van der Waals surface area contributed by atoms with Crippen LogP contribution in [-0.2, 0) is 13.1 Å². The zero-order chi connectivity index (χ0) is 13.7. The molecule has 0 saturated carbocycles. The molecular formula is C11H16N6O2. The van der Waals surface area contributed by atoms with Gasteiger partial charge in [0.25, 0.3) is 0 Å². The molecule has 0 aromatic carbocycles. The summed E-state index contributed by atoms with van der Waals surface area (Å²) in [7, 11) is 0. The molecule has 0 saturated heterocycles. The van der Waals surface area contributed by atoms with Crippen molar-refractivity contribution < 1.29 is 4.92 Å². The largest absolute Gasteiger partial charge is 0.490 e. The van der Waals surface area contributed by atoms with Crippen molar-refractivity contribution in [1.29, 1.82) is 0 Å². The van der Waals surface area contributed by atoms with E-state index in [0.717, 1.165) is 31.4 Å². The van der Waals surface area contributed by atoms with Crippen LogP contribution in [0.5, 0.6) is 0 Å². The van der Waals surface area contributed by atoms with Gasteiger partial charge < -0.3 is 10.1 Å². The minimum Gasteiger partial charge on any atom is -0.390 e. The van der Waals surface area contributed by atoms with Crippen molar-refractivity contribution in [2.24, 2.45) is 0 Å². The van der Waals surface area contributed by atoms with Gasteiger partial charge in [0.15, 0.2) is 0 Å². The molecule has 2 aromatic rings. The third kappa shape index (κ3) is 3.87. The van der Waals surface area contributed by atoms with E-state index in [1.54, 1.807) is 0 Å². The highest BCUT2D eigenvalue weighted by Gasteiger charge is 2.12. The van der Waals surface area contributed by atoms with Gasteiger partial charge in [0.2, 0.25) is 6.33 Å². The van der Waals surface area contributed by atoms with Crippen molar-refractivity contribution in [1.82, 2.24) is 24.5 Å². The molecule has 0 fully saturated rings. The molecule has 0 aliphatic heterocycles. The van der Waals surface area contributed by atoms with Crippen molar-refractivity contribution in [3.8, 4) is 0 Å². The van der Waals surface area contributed by atoms with Gasteiger partial charge >= 0.3 is 5.95 Å². The van der Waals surface area contributed by atoms with Gasteiger partial charge in [-0.05, 0) is 36.7 Å². The minimum absolute atomic E-state index is 0.341. The first-order valence-corrected chi connectivity index (χ1v) is 6.18. The van der Waals surface area contributed by atoms with Crippen LogP contribution in [0.4, 0.5) is 5.95 Å². The molecule has 0 radical (unpaired) electrons. The van der Waals surface area contributed by atoms with Gasteiger partial charge in [-0.2, -0.15) is 9.78 Å². The normalized spacial score (nSPS) is 10.8. The Labute approximate surface area is 110 Å². The van der Waals surface area contributed by atoms with Crippen LogP contribution in [0.1, 0.15) is 24.8 Å².